The third kappa shape index (κ3) is 2.59. The number of carboxylic acid groups (broad SMARTS) is 1. The summed E-state index contributed by atoms with van der Waals surface area (Å²) in [6, 6.07) is 11.2. The first kappa shape index (κ1) is 13.2. The molecule has 3 aromatic rings. The molecule has 0 spiro atoms. The number of anilines is 1. The van der Waals surface area contributed by atoms with Crippen LogP contribution >= 0.6 is 11.7 Å². The number of carbonyl (C=O) groups is 2. The molecule has 1 aromatic heterocycles. The summed E-state index contributed by atoms with van der Waals surface area (Å²) < 4.78 is 8.13. The lowest BCUT2D eigenvalue weighted by atomic mass is 10.1. The van der Waals surface area contributed by atoms with Crippen LogP contribution in [0.15, 0.2) is 42.5 Å². The molecule has 7 heteroatoms. The number of carboxylic acids is 1. The Labute approximate surface area is 123 Å². The minimum Gasteiger partial charge on any atom is -0.478 e. The van der Waals surface area contributed by atoms with Crippen molar-refractivity contribution in [2.75, 3.05) is 5.32 Å². The minimum absolute atomic E-state index is 0.0438. The average molecular weight is 299 g/mol. The van der Waals surface area contributed by atoms with Gasteiger partial charge in [0, 0.05) is 5.56 Å². The smallest absolute Gasteiger partial charge is 0.337 e. The average Bonchev–Trinajstić information content (AvgIpc) is 2.94. The maximum Gasteiger partial charge on any atom is 0.337 e. The molecular weight excluding hydrogens is 290 g/mol. The standard InChI is InChI=1S/C14H9N3O3S/c18-13(8-5-6-11-12(7-8)17-21-16-11)15-10-4-2-1-3-9(10)14(19)20/h1-7H,(H,15,18)(H,19,20). The van der Waals surface area contributed by atoms with Gasteiger partial charge < -0.3 is 10.4 Å². The Balaban J connectivity index is 1.91. The predicted molar refractivity (Wildman–Crippen MR) is 78.8 cm³/mol. The third-order valence-corrected chi connectivity index (χ3v) is 3.48. The van der Waals surface area contributed by atoms with Gasteiger partial charge in [0.2, 0.25) is 0 Å². The lowest BCUT2D eigenvalue weighted by Gasteiger charge is -2.08. The number of nitrogens with zero attached hydrogens (tertiary/aromatic N) is 2. The van der Waals surface area contributed by atoms with E-state index in [1.165, 1.54) is 6.07 Å². The molecule has 104 valence electrons. The topological polar surface area (TPSA) is 92.2 Å². The highest BCUT2D eigenvalue weighted by atomic mass is 32.1. The number of amides is 1. The van der Waals surface area contributed by atoms with Gasteiger partial charge in [-0.05, 0) is 30.3 Å². The van der Waals surface area contributed by atoms with Gasteiger partial charge in [-0.1, -0.05) is 12.1 Å². The van der Waals surface area contributed by atoms with E-state index in [9.17, 15) is 9.59 Å². The van der Waals surface area contributed by atoms with E-state index in [1.54, 1.807) is 36.4 Å². The third-order valence-electron chi connectivity index (χ3n) is 2.92. The lowest BCUT2D eigenvalue weighted by Crippen LogP contribution is -2.14. The monoisotopic (exact) mass is 299 g/mol. The fourth-order valence-electron chi connectivity index (χ4n) is 1.90. The van der Waals surface area contributed by atoms with Crippen molar-refractivity contribution in [3.05, 3.63) is 53.6 Å². The van der Waals surface area contributed by atoms with Gasteiger partial charge in [-0.25, -0.2) is 4.79 Å². The first-order valence-corrected chi connectivity index (χ1v) is 6.74. The highest BCUT2D eigenvalue weighted by molar-refractivity contribution is 7.00. The fraction of sp³-hybridized carbons (Fsp3) is 0. The number of aromatic nitrogens is 2. The van der Waals surface area contributed by atoms with Gasteiger partial charge in [0.1, 0.15) is 11.0 Å². The molecule has 0 aliphatic heterocycles. The number of benzene rings is 2. The van der Waals surface area contributed by atoms with E-state index in [4.69, 9.17) is 5.11 Å². The molecule has 2 aromatic carbocycles. The van der Waals surface area contributed by atoms with Gasteiger partial charge >= 0.3 is 5.97 Å². The lowest BCUT2D eigenvalue weighted by molar-refractivity contribution is 0.0698. The van der Waals surface area contributed by atoms with Gasteiger partial charge in [-0.3, -0.25) is 4.79 Å². The Bertz CT molecular complexity index is 844. The first-order valence-electron chi connectivity index (χ1n) is 6.01. The molecule has 3 rings (SSSR count). The molecule has 1 amide bonds. The quantitative estimate of drug-likeness (QED) is 0.775. The maximum absolute atomic E-state index is 12.2. The zero-order valence-electron chi connectivity index (χ0n) is 10.6. The van der Waals surface area contributed by atoms with E-state index in [1.807, 2.05) is 0 Å². The number of carbonyl (C=O) groups excluding carboxylic acids is 1. The molecule has 0 saturated carbocycles. The van der Waals surface area contributed by atoms with Crippen molar-refractivity contribution >= 4 is 40.3 Å². The number of para-hydroxylation sites is 1. The number of aromatic carboxylic acids is 1. The number of hydrogen-bond donors (Lipinski definition) is 2. The molecule has 0 radical (unpaired) electrons. The second-order valence-corrected chi connectivity index (χ2v) is 4.80. The van der Waals surface area contributed by atoms with Crippen molar-refractivity contribution in [1.29, 1.82) is 0 Å². The SMILES string of the molecule is O=C(Nc1ccccc1C(=O)O)c1ccc2nsnc2c1. The molecule has 0 unspecified atom stereocenters. The van der Waals surface area contributed by atoms with E-state index in [2.05, 4.69) is 14.1 Å². The molecule has 6 nitrogen and oxygen atoms in total. The van der Waals surface area contributed by atoms with Crippen molar-refractivity contribution in [2.45, 2.75) is 0 Å². The molecule has 0 saturated heterocycles. The van der Waals surface area contributed by atoms with Crippen molar-refractivity contribution in [1.82, 2.24) is 8.75 Å². The minimum atomic E-state index is -1.09. The summed E-state index contributed by atoms with van der Waals surface area (Å²) >= 11 is 1.07. The molecule has 2 N–H and O–H groups in total. The molecule has 1 heterocycles. The van der Waals surface area contributed by atoms with Crippen LogP contribution in [0.2, 0.25) is 0 Å². The Morgan fingerprint density at radius 1 is 1.05 bits per heavy atom. The first-order chi connectivity index (χ1) is 10.1. The predicted octanol–water partition coefficient (Wildman–Crippen LogP) is 2.64. The number of fused-ring (bicyclic) bond motifs is 1. The van der Waals surface area contributed by atoms with Gasteiger partial charge in [-0.15, -0.1) is 0 Å². The molecule has 0 aliphatic carbocycles. The Kier molecular flexibility index (Phi) is 3.33. The Hall–Kier alpha value is -2.80. The Morgan fingerprint density at radius 2 is 1.81 bits per heavy atom. The molecule has 0 fully saturated rings. The van der Waals surface area contributed by atoms with Crippen molar-refractivity contribution < 1.29 is 14.7 Å². The number of nitrogens with one attached hydrogen (secondary N) is 1. The summed E-state index contributed by atoms with van der Waals surface area (Å²) in [6.45, 7) is 0. The highest BCUT2D eigenvalue weighted by Crippen LogP contribution is 2.18. The molecular formula is C14H9N3O3S. The van der Waals surface area contributed by atoms with E-state index in [0.29, 0.717) is 11.1 Å². The van der Waals surface area contributed by atoms with Crippen LogP contribution in [0.4, 0.5) is 5.69 Å². The van der Waals surface area contributed by atoms with Crippen LogP contribution in [0, 0.1) is 0 Å². The summed E-state index contributed by atoms with van der Waals surface area (Å²) in [5.74, 6) is -1.48. The molecule has 0 atom stereocenters. The summed E-state index contributed by atoms with van der Waals surface area (Å²) in [5, 5.41) is 11.7. The van der Waals surface area contributed by atoms with Crippen LogP contribution in [0.3, 0.4) is 0 Å². The molecule has 0 bridgehead atoms. The van der Waals surface area contributed by atoms with Gasteiger partial charge in [0.05, 0.1) is 23.0 Å². The zero-order chi connectivity index (χ0) is 14.8. The van der Waals surface area contributed by atoms with Crippen LogP contribution in [-0.4, -0.2) is 25.7 Å². The van der Waals surface area contributed by atoms with Crippen molar-refractivity contribution in [2.24, 2.45) is 0 Å². The van der Waals surface area contributed by atoms with Gasteiger partial charge in [-0.2, -0.15) is 8.75 Å². The Morgan fingerprint density at radius 3 is 2.62 bits per heavy atom. The van der Waals surface area contributed by atoms with E-state index < -0.39 is 11.9 Å². The maximum atomic E-state index is 12.2. The van der Waals surface area contributed by atoms with Crippen LogP contribution in [0.25, 0.3) is 11.0 Å². The largest absolute Gasteiger partial charge is 0.478 e. The van der Waals surface area contributed by atoms with E-state index in [0.717, 1.165) is 17.2 Å². The van der Waals surface area contributed by atoms with Crippen molar-refractivity contribution in [3.8, 4) is 0 Å². The van der Waals surface area contributed by atoms with Crippen LogP contribution in [0.1, 0.15) is 20.7 Å². The summed E-state index contributed by atoms with van der Waals surface area (Å²) in [5.41, 5.74) is 2.06. The van der Waals surface area contributed by atoms with Crippen LogP contribution < -0.4 is 5.32 Å². The normalized spacial score (nSPS) is 10.5. The molecule has 0 aliphatic rings. The number of rotatable bonds is 3. The number of hydrogen-bond acceptors (Lipinski definition) is 5. The second-order valence-electron chi connectivity index (χ2n) is 4.27. The van der Waals surface area contributed by atoms with E-state index in [-0.39, 0.29) is 11.3 Å². The molecule has 21 heavy (non-hydrogen) atoms. The fourth-order valence-corrected chi connectivity index (χ4v) is 2.41. The van der Waals surface area contributed by atoms with Gasteiger partial charge in [0.25, 0.3) is 5.91 Å². The van der Waals surface area contributed by atoms with E-state index >= 15 is 0 Å². The van der Waals surface area contributed by atoms with Crippen molar-refractivity contribution in [3.63, 3.8) is 0 Å². The second kappa shape index (κ2) is 5.29. The zero-order valence-corrected chi connectivity index (χ0v) is 11.4. The van der Waals surface area contributed by atoms with Crippen LogP contribution in [-0.2, 0) is 0 Å². The highest BCUT2D eigenvalue weighted by Gasteiger charge is 2.13. The summed E-state index contributed by atoms with van der Waals surface area (Å²) in [6.07, 6.45) is 0. The van der Waals surface area contributed by atoms with Gasteiger partial charge in [0.15, 0.2) is 0 Å². The summed E-state index contributed by atoms with van der Waals surface area (Å²) in [7, 11) is 0. The summed E-state index contributed by atoms with van der Waals surface area (Å²) in [4.78, 5) is 23.3. The van der Waals surface area contributed by atoms with Crippen LogP contribution in [0.5, 0.6) is 0 Å².